The van der Waals surface area contributed by atoms with Crippen molar-refractivity contribution in [2.45, 2.75) is 19.0 Å². The van der Waals surface area contributed by atoms with Crippen molar-refractivity contribution in [3.8, 4) is 0 Å². The minimum atomic E-state index is -4.38. The highest BCUT2D eigenvalue weighted by Crippen LogP contribution is 2.30. The Balaban J connectivity index is 2.95. The topological polar surface area (TPSA) is 37.3 Å². The Bertz CT molecular complexity index is 354. The van der Waals surface area contributed by atoms with Gasteiger partial charge in [0.15, 0.2) is 0 Å². The standard InChI is InChI=1S/C10H9F3O2/c1-6(9(14)15)7-2-4-8(5-3-7)10(11,12)13/h2-6H,1H3,(H,14,15)/t6-/m0/s1. The number of hydrogen-bond acceptors (Lipinski definition) is 1. The number of aliphatic carboxylic acids is 1. The van der Waals surface area contributed by atoms with E-state index in [4.69, 9.17) is 5.11 Å². The van der Waals surface area contributed by atoms with Crippen LogP contribution in [0.1, 0.15) is 24.0 Å². The lowest BCUT2D eigenvalue weighted by atomic mass is 10.00. The van der Waals surface area contributed by atoms with E-state index in [2.05, 4.69) is 0 Å². The highest BCUT2D eigenvalue weighted by molar-refractivity contribution is 5.75. The summed E-state index contributed by atoms with van der Waals surface area (Å²) in [5.74, 6) is -1.86. The molecule has 1 aromatic rings. The third-order valence-electron chi connectivity index (χ3n) is 2.11. The molecule has 0 aromatic heterocycles. The van der Waals surface area contributed by atoms with Crippen molar-refractivity contribution in [2.24, 2.45) is 0 Å². The summed E-state index contributed by atoms with van der Waals surface area (Å²) in [6.07, 6.45) is -4.38. The average molecular weight is 218 g/mol. The van der Waals surface area contributed by atoms with Gasteiger partial charge in [-0.1, -0.05) is 12.1 Å². The maximum Gasteiger partial charge on any atom is 0.416 e. The van der Waals surface area contributed by atoms with Crippen LogP contribution in [0.25, 0.3) is 0 Å². The second-order valence-corrected chi connectivity index (χ2v) is 3.18. The molecule has 0 radical (unpaired) electrons. The molecule has 0 amide bonds. The number of carboxylic acids is 1. The number of carboxylic acid groups (broad SMARTS) is 1. The molecule has 0 aliphatic rings. The first kappa shape index (κ1) is 11.6. The third-order valence-corrected chi connectivity index (χ3v) is 2.11. The van der Waals surface area contributed by atoms with Gasteiger partial charge in [0.2, 0.25) is 0 Å². The molecule has 0 spiro atoms. The lowest BCUT2D eigenvalue weighted by Crippen LogP contribution is -2.09. The largest absolute Gasteiger partial charge is 0.481 e. The SMILES string of the molecule is C[C@H](C(=O)O)c1ccc(C(F)(F)F)cc1. The molecule has 2 nitrogen and oxygen atoms in total. The summed E-state index contributed by atoms with van der Waals surface area (Å²) in [4.78, 5) is 10.6. The van der Waals surface area contributed by atoms with Crippen LogP contribution >= 0.6 is 0 Å². The molecule has 0 aliphatic heterocycles. The monoisotopic (exact) mass is 218 g/mol. The van der Waals surface area contributed by atoms with Gasteiger partial charge in [-0.2, -0.15) is 13.2 Å². The molecular weight excluding hydrogens is 209 g/mol. The Hall–Kier alpha value is -1.52. The minimum absolute atomic E-state index is 0.357. The van der Waals surface area contributed by atoms with E-state index in [1.165, 1.54) is 19.1 Å². The highest BCUT2D eigenvalue weighted by Gasteiger charge is 2.30. The predicted octanol–water partition coefficient (Wildman–Crippen LogP) is 2.89. The van der Waals surface area contributed by atoms with E-state index in [0.29, 0.717) is 5.56 Å². The van der Waals surface area contributed by atoms with Gasteiger partial charge in [-0.05, 0) is 24.6 Å². The molecule has 5 heteroatoms. The minimum Gasteiger partial charge on any atom is -0.481 e. The predicted molar refractivity (Wildman–Crippen MR) is 47.5 cm³/mol. The molecule has 0 heterocycles. The molecule has 82 valence electrons. The summed E-state index contributed by atoms with van der Waals surface area (Å²) in [6, 6.07) is 4.13. The first-order valence-electron chi connectivity index (χ1n) is 4.22. The zero-order valence-electron chi connectivity index (χ0n) is 7.88. The first-order chi connectivity index (χ1) is 6.82. The maximum absolute atomic E-state index is 12.2. The summed E-state index contributed by atoms with van der Waals surface area (Å²) in [7, 11) is 0. The van der Waals surface area contributed by atoms with Crippen molar-refractivity contribution in [1.29, 1.82) is 0 Å². The highest BCUT2D eigenvalue weighted by atomic mass is 19.4. The van der Waals surface area contributed by atoms with Crippen LogP contribution in [-0.4, -0.2) is 11.1 Å². The summed E-state index contributed by atoms with van der Waals surface area (Å²) < 4.78 is 36.5. The Kier molecular flexibility index (Phi) is 3.02. The quantitative estimate of drug-likeness (QED) is 0.828. The molecule has 0 bridgehead atoms. The summed E-state index contributed by atoms with van der Waals surface area (Å²) in [6.45, 7) is 1.42. The van der Waals surface area contributed by atoms with Gasteiger partial charge in [-0.15, -0.1) is 0 Å². The molecule has 1 aromatic carbocycles. The molecule has 0 fully saturated rings. The van der Waals surface area contributed by atoms with E-state index in [1.807, 2.05) is 0 Å². The number of alkyl halides is 3. The van der Waals surface area contributed by atoms with Crippen LogP contribution in [0.2, 0.25) is 0 Å². The molecule has 0 aliphatic carbocycles. The second kappa shape index (κ2) is 3.92. The maximum atomic E-state index is 12.2. The number of benzene rings is 1. The Labute approximate surface area is 84.3 Å². The number of hydrogen-bond donors (Lipinski definition) is 1. The first-order valence-corrected chi connectivity index (χ1v) is 4.22. The van der Waals surface area contributed by atoms with Gasteiger partial charge in [-0.3, -0.25) is 4.79 Å². The lowest BCUT2D eigenvalue weighted by Gasteiger charge is -2.09. The zero-order valence-corrected chi connectivity index (χ0v) is 7.88. The van der Waals surface area contributed by atoms with Crippen LogP contribution < -0.4 is 0 Å². The molecule has 1 N–H and O–H groups in total. The van der Waals surface area contributed by atoms with Crippen molar-refractivity contribution in [2.75, 3.05) is 0 Å². The molecule has 0 saturated heterocycles. The smallest absolute Gasteiger partial charge is 0.416 e. The summed E-state index contributed by atoms with van der Waals surface area (Å²) >= 11 is 0. The van der Waals surface area contributed by atoms with Crippen molar-refractivity contribution >= 4 is 5.97 Å². The van der Waals surface area contributed by atoms with E-state index >= 15 is 0 Å². The molecule has 15 heavy (non-hydrogen) atoms. The van der Waals surface area contributed by atoms with Crippen LogP contribution in [0.4, 0.5) is 13.2 Å². The van der Waals surface area contributed by atoms with Crippen LogP contribution in [-0.2, 0) is 11.0 Å². The summed E-state index contributed by atoms with van der Waals surface area (Å²) in [5, 5.41) is 8.64. The van der Waals surface area contributed by atoms with Crippen LogP contribution in [0.15, 0.2) is 24.3 Å². The van der Waals surface area contributed by atoms with Crippen molar-refractivity contribution < 1.29 is 23.1 Å². The summed E-state index contributed by atoms with van der Waals surface area (Å²) in [5.41, 5.74) is -0.417. The van der Waals surface area contributed by atoms with Gasteiger partial charge in [0.1, 0.15) is 0 Å². The third kappa shape index (κ3) is 2.71. The average Bonchev–Trinajstić information content (AvgIpc) is 2.15. The van der Waals surface area contributed by atoms with E-state index in [1.54, 1.807) is 0 Å². The lowest BCUT2D eigenvalue weighted by molar-refractivity contribution is -0.138. The van der Waals surface area contributed by atoms with Crippen molar-refractivity contribution in [3.05, 3.63) is 35.4 Å². The van der Waals surface area contributed by atoms with Crippen LogP contribution in [0.5, 0.6) is 0 Å². The van der Waals surface area contributed by atoms with Crippen LogP contribution in [0.3, 0.4) is 0 Å². The molecule has 1 rings (SSSR count). The second-order valence-electron chi connectivity index (χ2n) is 3.18. The van der Waals surface area contributed by atoms with Crippen molar-refractivity contribution in [1.82, 2.24) is 0 Å². The van der Waals surface area contributed by atoms with Gasteiger partial charge in [-0.25, -0.2) is 0 Å². The van der Waals surface area contributed by atoms with E-state index in [9.17, 15) is 18.0 Å². The number of rotatable bonds is 2. The molecule has 0 unspecified atom stereocenters. The fourth-order valence-corrected chi connectivity index (χ4v) is 1.10. The molecule has 0 saturated carbocycles. The van der Waals surface area contributed by atoms with Gasteiger partial charge in [0, 0.05) is 0 Å². The Morgan fingerprint density at radius 3 is 2.07 bits per heavy atom. The van der Waals surface area contributed by atoms with E-state index in [0.717, 1.165) is 12.1 Å². The van der Waals surface area contributed by atoms with Gasteiger partial charge >= 0.3 is 12.1 Å². The van der Waals surface area contributed by atoms with Gasteiger partial charge < -0.3 is 5.11 Å². The number of carbonyl (C=O) groups is 1. The fourth-order valence-electron chi connectivity index (χ4n) is 1.10. The van der Waals surface area contributed by atoms with E-state index in [-0.39, 0.29) is 0 Å². The van der Waals surface area contributed by atoms with Gasteiger partial charge in [0.25, 0.3) is 0 Å². The molecule has 1 atom stereocenters. The molecular formula is C10H9F3O2. The Morgan fingerprint density at radius 2 is 1.73 bits per heavy atom. The Morgan fingerprint density at radius 1 is 1.27 bits per heavy atom. The zero-order chi connectivity index (χ0) is 11.6. The van der Waals surface area contributed by atoms with E-state index < -0.39 is 23.6 Å². The number of halogens is 3. The van der Waals surface area contributed by atoms with Crippen LogP contribution in [0, 0.1) is 0 Å². The fraction of sp³-hybridized carbons (Fsp3) is 0.300. The van der Waals surface area contributed by atoms with Gasteiger partial charge in [0.05, 0.1) is 11.5 Å². The van der Waals surface area contributed by atoms with Crippen molar-refractivity contribution in [3.63, 3.8) is 0 Å². The normalized spacial score (nSPS) is 13.6.